The van der Waals surface area contributed by atoms with Crippen LogP contribution in [-0.2, 0) is 9.59 Å². The van der Waals surface area contributed by atoms with Gasteiger partial charge in [0.1, 0.15) is 11.7 Å². The number of carboxylic acid groups (broad SMARTS) is 1. The topological polar surface area (TPSA) is 125 Å². The van der Waals surface area contributed by atoms with Gasteiger partial charge in [0.2, 0.25) is 5.91 Å². The van der Waals surface area contributed by atoms with Gasteiger partial charge in [0, 0.05) is 29.7 Å². The number of benzene rings is 1. The molecule has 3 N–H and O–H groups in total. The van der Waals surface area contributed by atoms with Gasteiger partial charge >= 0.3 is 5.97 Å². The average Bonchev–Trinajstić information content (AvgIpc) is 3.18. The van der Waals surface area contributed by atoms with E-state index < -0.39 is 29.4 Å². The third kappa shape index (κ3) is 5.41. The van der Waals surface area contributed by atoms with Crippen molar-refractivity contribution in [3.8, 4) is 11.3 Å². The van der Waals surface area contributed by atoms with Crippen LogP contribution in [0.5, 0.6) is 0 Å². The predicted molar refractivity (Wildman–Crippen MR) is 135 cm³/mol. The summed E-state index contributed by atoms with van der Waals surface area (Å²) in [4.78, 5) is 48.9. The van der Waals surface area contributed by atoms with Gasteiger partial charge in [0.25, 0.3) is 5.91 Å². The fourth-order valence-electron chi connectivity index (χ4n) is 5.49. The van der Waals surface area contributed by atoms with E-state index in [2.05, 4.69) is 41.4 Å². The minimum atomic E-state index is -1.08. The number of nitrogens with zero attached hydrogens (tertiary/aromatic N) is 3. The molecule has 1 aromatic heterocycles. The first-order chi connectivity index (χ1) is 17.0. The lowest BCUT2D eigenvalue weighted by Crippen LogP contribution is -2.59. The summed E-state index contributed by atoms with van der Waals surface area (Å²) in [5, 5.41) is 16.5. The smallest absolute Gasteiger partial charge is 0.311 e. The summed E-state index contributed by atoms with van der Waals surface area (Å²) < 4.78 is 0. The maximum Gasteiger partial charge on any atom is 0.311 e. The molecular formula is C27H35N5O4. The highest BCUT2D eigenvalue weighted by molar-refractivity contribution is 5.97. The molecule has 4 atom stereocenters. The molecule has 1 aliphatic carbocycles. The molecule has 1 saturated carbocycles. The molecule has 36 heavy (non-hydrogen) atoms. The number of nitrogens with one attached hydrogen (secondary N) is 2. The van der Waals surface area contributed by atoms with Gasteiger partial charge in [-0.05, 0) is 53.4 Å². The highest BCUT2D eigenvalue weighted by atomic mass is 16.4. The van der Waals surface area contributed by atoms with Crippen molar-refractivity contribution >= 4 is 17.8 Å². The first kappa shape index (κ1) is 25.8. The van der Waals surface area contributed by atoms with Crippen LogP contribution in [0.4, 0.5) is 0 Å². The standard InChI is InChI=1S/C27H35N5O4/c1-26(2,3)31-18-10-11-22(27(4,14-18)25(35)36)32-13-12-19(24(32)34)30-23(33)21-16-28-15-20(29-21)17-8-6-5-7-9-17/h5-9,15-16,18-19,22,31H,10-14H2,1-4H3,(H,30,33)(H,35,36)/t18?,19-,22?,27?/m0/s1. The highest BCUT2D eigenvalue weighted by Crippen LogP contribution is 2.41. The molecule has 2 amide bonds. The molecule has 9 nitrogen and oxygen atoms in total. The molecule has 1 saturated heterocycles. The summed E-state index contributed by atoms with van der Waals surface area (Å²) in [6.45, 7) is 8.34. The Morgan fingerprint density at radius 3 is 2.50 bits per heavy atom. The second-order valence-corrected chi connectivity index (χ2v) is 11.1. The molecule has 0 bridgehead atoms. The van der Waals surface area contributed by atoms with Gasteiger partial charge < -0.3 is 20.6 Å². The SMILES string of the molecule is CC(C)(C)NC1CCC(N2CC[C@H](NC(=O)c3cncc(-c4ccccc4)n3)C2=O)C(C)(C(=O)O)C1. The van der Waals surface area contributed by atoms with Crippen LogP contribution >= 0.6 is 0 Å². The predicted octanol–water partition coefficient (Wildman–Crippen LogP) is 2.87. The quantitative estimate of drug-likeness (QED) is 0.565. The molecule has 0 radical (unpaired) electrons. The van der Waals surface area contributed by atoms with E-state index in [0.717, 1.165) is 12.0 Å². The maximum atomic E-state index is 13.3. The van der Waals surface area contributed by atoms with E-state index in [0.29, 0.717) is 31.5 Å². The van der Waals surface area contributed by atoms with Crippen LogP contribution in [-0.4, -0.2) is 68.0 Å². The molecule has 4 rings (SSSR count). The van der Waals surface area contributed by atoms with E-state index in [-0.39, 0.29) is 23.2 Å². The van der Waals surface area contributed by atoms with Gasteiger partial charge in [-0.3, -0.25) is 19.4 Å². The largest absolute Gasteiger partial charge is 0.481 e. The van der Waals surface area contributed by atoms with Crippen LogP contribution in [0.15, 0.2) is 42.7 Å². The van der Waals surface area contributed by atoms with E-state index in [1.54, 1.807) is 18.0 Å². The van der Waals surface area contributed by atoms with Crippen LogP contribution in [0.3, 0.4) is 0 Å². The number of aliphatic carboxylic acids is 1. The zero-order valence-corrected chi connectivity index (χ0v) is 21.3. The number of carbonyl (C=O) groups is 3. The lowest BCUT2D eigenvalue weighted by molar-refractivity contribution is -0.158. The van der Waals surface area contributed by atoms with Gasteiger partial charge in [0.15, 0.2) is 0 Å². The van der Waals surface area contributed by atoms with Crippen molar-refractivity contribution in [3.63, 3.8) is 0 Å². The Kier molecular flexibility index (Phi) is 7.13. The summed E-state index contributed by atoms with van der Waals surface area (Å²) in [5.74, 6) is -1.61. The fourth-order valence-corrected chi connectivity index (χ4v) is 5.49. The fraction of sp³-hybridized carbons (Fsp3) is 0.519. The number of carbonyl (C=O) groups excluding carboxylic acids is 2. The number of amides is 2. The summed E-state index contributed by atoms with van der Waals surface area (Å²) in [5.41, 5.74) is 0.335. The molecule has 2 aromatic rings. The number of likely N-dealkylation sites (tertiary alicyclic amines) is 1. The Morgan fingerprint density at radius 2 is 1.83 bits per heavy atom. The monoisotopic (exact) mass is 493 g/mol. The molecule has 2 fully saturated rings. The number of rotatable bonds is 6. The molecule has 1 aromatic carbocycles. The van der Waals surface area contributed by atoms with E-state index in [4.69, 9.17) is 0 Å². The molecule has 1 aliphatic heterocycles. The van der Waals surface area contributed by atoms with Gasteiger partial charge in [0.05, 0.1) is 23.5 Å². The number of hydrogen-bond donors (Lipinski definition) is 3. The number of hydrogen-bond acceptors (Lipinski definition) is 6. The van der Waals surface area contributed by atoms with E-state index in [1.165, 1.54) is 6.20 Å². The van der Waals surface area contributed by atoms with Gasteiger partial charge in [-0.15, -0.1) is 0 Å². The third-order valence-electron chi connectivity index (χ3n) is 7.18. The van der Waals surface area contributed by atoms with Crippen molar-refractivity contribution in [3.05, 3.63) is 48.4 Å². The second kappa shape index (κ2) is 9.97. The molecule has 192 valence electrons. The van der Waals surface area contributed by atoms with Crippen molar-refractivity contribution in [1.82, 2.24) is 25.5 Å². The first-order valence-corrected chi connectivity index (χ1v) is 12.5. The highest BCUT2D eigenvalue weighted by Gasteiger charge is 2.52. The van der Waals surface area contributed by atoms with Crippen molar-refractivity contribution in [2.45, 2.75) is 77.0 Å². The summed E-state index contributed by atoms with van der Waals surface area (Å²) in [7, 11) is 0. The van der Waals surface area contributed by atoms with E-state index in [1.807, 2.05) is 30.3 Å². The van der Waals surface area contributed by atoms with Crippen LogP contribution in [0.2, 0.25) is 0 Å². The molecule has 2 aliphatic rings. The van der Waals surface area contributed by atoms with E-state index in [9.17, 15) is 19.5 Å². The van der Waals surface area contributed by atoms with Crippen LogP contribution in [0, 0.1) is 5.41 Å². The molecular weight excluding hydrogens is 458 g/mol. The minimum Gasteiger partial charge on any atom is -0.481 e. The normalized spacial score (nSPS) is 26.6. The van der Waals surface area contributed by atoms with Crippen molar-refractivity contribution in [2.24, 2.45) is 5.41 Å². The number of aromatic nitrogens is 2. The zero-order chi connectivity index (χ0) is 26.1. The summed E-state index contributed by atoms with van der Waals surface area (Å²) >= 11 is 0. The zero-order valence-electron chi connectivity index (χ0n) is 21.3. The summed E-state index contributed by atoms with van der Waals surface area (Å²) in [6.07, 6.45) is 5.20. The average molecular weight is 494 g/mol. The van der Waals surface area contributed by atoms with Gasteiger partial charge in [-0.25, -0.2) is 4.98 Å². The van der Waals surface area contributed by atoms with Crippen molar-refractivity contribution < 1.29 is 19.5 Å². The van der Waals surface area contributed by atoms with Crippen molar-refractivity contribution in [1.29, 1.82) is 0 Å². The molecule has 0 spiro atoms. The lowest BCUT2D eigenvalue weighted by Gasteiger charge is -2.47. The lowest BCUT2D eigenvalue weighted by atomic mass is 9.68. The Bertz CT molecular complexity index is 1130. The Morgan fingerprint density at radius 1 is 1.11 bits per heavy atom. The Balaban J connectivity index is 1.45. The molecule has 3 unspecified atom stereocenters. The Labute approximate surface area is 211 Å². The first-order valence-electron chi connectivity index (χ1n) is 12.5. The summed E-state index contributed by atoms with van der Waals surface area (Å²) in [6, 6.07) is 8.34. The molecule has 9 heteroatoms. The number of carboxylic acids is 1. The van der Waals surface area contributed by atoms with Crippen LogP contribution in [0.25, 0.3) is 11.3 Å². The third-order valence-corrected chi connectivity index (χ3v) is 7.18. The van der Waals surface area contributed by atoms with Gasteiger partial charge in [-0.1, -0.05) is 30.3 Å². The Hall–Kier alpha value is -3.33. The van der Waals surface area contributed by atoms with Crippen molar-refractivity contribution in [2.75, 3.05) is 6.54 Å². The van der Waals surface area contributed by atoms with E-state index >= 15 is 0 Å². The minimum absolute atomic E-state index is 0.0611. The maximum absolute atomic E-state index is 13.3. The van der Waals surface area contributed by atoms with Crippen LogP contribution < -0.4 is 10.6 Å². The molecule has 2 heterocycles. The van der Waals surface area contributed by atoms with Crippen LogP contribution in [0.1, 0.15) is 63.9 Å². The second-order valence-electron chi connectivity index (χ2n) is 11.1. The van der Waals surface area contributed by atoms with Gasteiger partial charge in [-0.2, -0.15) is 0 Å².